The number of amides is 2. The van der Waals surface area contributed by atoms with Gasteiger partial charge in [-0.15, -0.1) is 0 Å². The number of hydrogen-bond acceptors (Lipinski definition) is 4. The Morgan fingerprint density at radius 1 is 1.16 bits per heavy atom. The first kappa shape index (κ1) is 17.1. The molecule has 1 aromatic heterocycles. The molecule has 25 heavy (non-hydrogen) atoms. The van der Waals surface area contributed by atoms with Crippen LogP contribution in [0.2, 0.25) is 0 Å². The van der Waals surface area contributed by atoms with Gasteiger partial charge >= 0.3 is 0 Å². The molecule has 0 spiro atoms. The number of aryl methyl sites for hydroxylation is 2. The number of likely N-dealkylation sites (tertiary alicyclic amines) is 1. The molecule has 0 aliphatic carbocycles. The zero-order valence-corrected chi connectivity index (χ0v) is 14.5. The number of benzene rings is 1. The Kier molecular flexibility index (Phi) is 4.79. The van der Waals surface area contributed by atoms with Crippen LogP contribution in [0.4, 0.5) is 5.69 Å². The van der Waals surface area contributed by atoms with E-state index in [-0.39, 0.29) is 17.9 Å². The van der Waals surface area contributed by atoms with E-state index >= 15 is 0 Å². The molecule has 0 unspecified atom stereocenters. The van der Waals surface area contributed by atoms with E-state index in [1.807, 2.05) is 17.9 Å². The summed E-state index contributed by atoms with van der Waals surface area (Å²) in [4.78, 5) is 26.8. The lowest BCUT2D eigenvalue weighted by Gasteiger charge is -2.32. The molecule has 3 N–H and O–H groups in total. The van der Waals surface area contributed by atoms with Crippen molar-refractivity contribution >= 4 is 17.5 Å². The fourth-order valence-corrected chi connectivity index (χ4v) is 3.15. The second-order valence-corrected chi connectivity index (χ2v) is 6.50. The summed E-state index contributed by atoms with van der Waals surface area (Å²) in [5, 5.41) is 3.02. The Morgan fingerprint density at radius 3 is 2.52 bits per heavy atom. The predicted octanol–water partition coefficient (Wildman–Crippen LogP) is 2.51. The van der Waals surface area contributed by atoms with Crippen LogP contribution in [0, 0.1) is 13.8 Å². The lowest BCUT2D eigenvalue weighted by Crippen LogP contribution is -2.46. The summed E-state index contributed by atoms with van der Waals surface area (Å²) < 4.78 is 5.17. The van der Waals surface area contributed by atoms with Gasteiger partial charge in [0.15, 0.2) is 0 Å². The van der Waals surface area contributed by atoms with Gasteiger partial charge in [-0.1, -0.05) is 6.07 Å². The zero-order chi connectivity index (χ0) is 18.0. The van der Waals surface area contributed by atoms with Crippen LogP contribution in [-0.4, -0.2) is 35.8 Å². The predicted molar refractivity (Wildman–Crippen MR) is 95.4 cm³/mol. The van der Waals surface area contributed by atoms with Gasteiger partial charge in [-0.3, -0.25) is 9.59 Å². The fraction of sp³-hybridized carbons (Fsp3) is 0.368. The number of anilines is 1. The first-order valence-corrected chi connectivity index (χ1v) is 8.46. The lowest BCUT2D eigenvalue weighted by atomic mass is 10.0. The monoisotopic (exact) mass is 341 g/mol. The minimum absolute atomic E-state index is 0.000237. The Labute approximate surface area is 147 Å². The Morgan fingerprint density at radius 2 is 1.88 bits per heavy atom. The van der Waals surface area contributed by atoms with Gasteiger partial charge in [0.25, 0.3) is 11.8 Å². The van der Waals surface area contributed by atoms with Gasteiger partial charge in [0.1, 0.15) is 5.76 Å². The summed E-state index contributed by atoms with van der Waals surface area (Å²) in [6, 6.07) is 7.13. The summed E-state index contributed by atoms with van der Waals surface area (Å²) in [6.07, 6.45) is 2.98. The molecular formula is C19H23N3O3. The number of nitrogens with one attached hydrogen (secondary N) is 1. The molecule has 0 radical (unpaired) electrons. The van der Waals surface area contributed by atoms with E-state index in [2.05, 4.69) is 5.32 Å². The summed E-state index contributed by atoms with van der Waals surface area (Å²) >= 11 is 0. The molecule has 0 saturated carbocycles. The van der Waals surface area contributed by atoms with Gasteiger partial charge in [-0.05, 0) is 50.5 Å². The highest BCUT2D eigenvalue weighted by Gasteiger charge is 2.26. The molecule has 3 rings (SSSR count). The van der Waals surface area contributed by atoms with Gasteiger partial charge in [0, 0.05) is 30.4 Å². The Balaban J connectivity index is 1.58. The highest BCUT2D eigenvalue weighted by atomic mass is 16.3. The SMILES string of the molecule is Cc1ccc(N)cc1C(=O)N1CCC(NC(=O)c2ccoc2C)CC1. The fourth-order valence-electron chi connectivity index (χ4n) is 3.15. The lowest BCUT2D eigenvalue weighted by molar-refractivity contribution is 0.0697. The highest BCUT2D eigenvalue weighted by molar-refractivity contribution is 5.97. The van der Waals surface area contributed by atoms with Gasteiger partial charge < -0.3 is 20.4 Å². The van der Waals surface area contributed by atoms with Gasteiger partial charge in [-0.25, -0.2) is 0 Å². The minimum atomic E-state index is -0.122. The van der Waals surface area contributed by atoms with Crippen LogP contribution in [0.5, 0.6) is 0 Å². The number of piperidine rings is 1. The summed E-state index contributed by atoms with van der Waals surface area (Å²) in [5.74, 6) is 0.491. The van der Waals surface area contributed by atoms with Crippen molar-refractivity contribution in [1.29, 1.82) is 0 Å². The number of nitrogens with zero attached hydrogens (tertiary/aromatic N) is 1. The number of hydrogen-bond donors (Lipinski definition) is 2. The highest BCUT2D eigenvalue weighted by Crippen LogP contribution is 2.19. The molecular weight excluding hydrogens is 318 g/mol. The number of carbonyl (C=O) groups is 2. The largest absolute Gasteiger partial charge is 0.469 e. The first-order valence-electron chi connectivity index (χ1n) is 8.46. The van der Waals surface area contributed by atoms with Crippen LogP contribution in [0.1, 0.15) is 44.9 Å². The third-order valence-corrected chi connectivity index (χ3v) is 4.71. The van der Waals surface area contributed by atoms with Crippen molar-refractivity contribution in [1.82, 2.24) is 10.2 Å². The zero-order valence-electron chi connectivity index (χ0n) is 14.5. The molecule has 1 aliphatic rings. The standard InChI is InChI=1S/C19H23N3O3/c1-12-3-4-14(20)11-17(12)19(24)22-8-5-15(6-9-22)21-18(23)16-7-10-25-13(16)2/h3-4,7,10-11,15H,5-6,8-9,20H2,1-2H3,(H,21,23). The van der Waals surface area contributed by atoms with Gasteiger partial charge in [-0.2, -0.15) is 0 Å². The number of furan rings is 1. The van der Waals surface area contributed by atoms with Crippen molar-refractivity contribution in [2.45, 2.75) is 32.7 Å². The Bertz CT molecular complexity index is 789. The van der Waals surface area contributed by atoms with E-state index < -0.39 is 0 Å². The second kappa shape index (κ2) is 7.01. The van der Waals surface area contributed by atoms with Gasteiger partial charge in [0.05, 0.1) is 11.8 Å². The molecule has 0 atom stereocenters. The number of carbonyl (C=O) groups excluding carboxylic acids is 2. The maximum atomic E-state index is 12.7. The average molecular weight is 341 g/mol. The van der Waals surface area contributed by atoms with E-state index in [4.69, 9.17) is 10.2 Å². The molecule has 2 aromatic rings. The maximum Gasteiger partial charge on any atom is 0.255 e. The quantitative estimate of drug-likeness (QED) is 0.840. The molecule has 2 heterocycles. The van der Waals surface area contributed by atoms with Crippen LogP contribution >= 0.6 is 0 Å². The molecule has 2 amide bonds. The van der Waals surface area contributed by atoms with Gasteiger partial charge in [0.2, 0.25) is 0 Å². The van der Waals surface area contributed by atoms with Crippen molar-refractivity contribution < 1.29 is 14.0 Å². The van der Waals surface area contributed by atoms with Crippen LogP contribution in [-0.2, 0) is 0 Å². The Hall–Kier alpha value is -2.76. The van der Waals surface area contributed by atoms with E-state index in [9.17, 15) is 9.59 Å². The van der Waals surface area contributed by atoms with Crippen LogP contribution < -0.4 is 11.1 Å². The molecule has 1 fully saturated rings. The summed E-state index contributed by atoms with van der Waals surface area (Å²) in [7, 11) is 0. The number of nitrogen functional groups attached to an aromatic ring is 1. The molecule has 1 aliphatic heterocycles. The van der Waals surface area contributed by atoms with Crippen molar-refractivity contribution in [3.05, 3.63) is 53.0 Å². The number of nitrogens with two attached hydrogens (primary N) is 1. The third-order valence-electron chi connectivity index (χ3n) is 4.71. The molecule has 6 nitrogen and oxygen atoms in total. The summed E-state index contributed by atoms with van der Waals surface area (Å²) in [5.41, 5.74) is 8.53. The minimum Gasteiger partial charge on any atom is -0.469 e. The van der Waals surface area contributed by atoms with Crippen molar-refractivity contribution in [2.24, 2.45) is 0 Å². The topological polar surface area (TPSA) is 88.6 Å². The van der Waals surface area contributed by atoms with E-state index in [1.165, 1.54) is 6.26 Å². The average Bonchev–Trinajstić information content (AvgIpc) is 3.03. The van der Waals surface area contributed by atoms with Crippen LogP contribution in [0.3, 0.4) is 0 Å². The second-order valence-electron chi connectivity index (χ2n) is 6.50. The molecule has 0 bridgehead atoms. The van der Waals surface area contributed by atoms with E-state index in [1.54, 1.807) is 25.1 Å². The van der Waals surface area contributed by atoms with E-state index in [0.717, 1.165) is 18.4 Å². The van der Waals surface area contributed by atoms with Crippen molar-refractivity contribution in [2.75, 3.05) is 18.8 Å². The first-order chi connectivity index (χ1) is 12.0. The number of rotatable bonds is 3. The van der Waals surface area contributed by atoms with E-state index in [0.29, 0.717) is 35.7 Å². The molecule has 1 aromatic carbocycles. The van der Waals surface area contributed by atoms with Crippen molar-refractivity contribution in [3.8, 4) is 0 Å². The molecule has 132 valence electrons. The summed E-state index contributed by atoms with van der Waals surface area (Å²) in [6.45, 7) is 4.90. The maximum absolute atomic E-state index is 12.7. The van der Waals surface area contributed by atoms with Crippen LogP contribution in [0.25, 0.3) is 0 Å². The third kappa shape index (κ3) is 3.68. The smallest absolute Gasteiger partial charge is 0.255 e. The molecule has 1 saturated heterocycles. The normalized spacial score (nSPS) is 15.2. The van der Waals surface area contributed by atoms with Crippen molar-refractivity contribution in [3.63, 3.8) is 0 Å². The molecule has 6 heteroatoms. The van der Waals surface area contributed by atoms with Crippen LogP contribution in [0.15, 0.2) is 34.9 Å².